The van der Waals surface area contributed by atoms with Gasteiger partial charge in [-0.3, -0.25) is 9.80 Å². The van der Waals surface area contributed by atoms with Crippen LogP contribution in [0.1, 0.15) is 16.9 Å². The minimum absolute atomic E-state index is 0.244. The Kier molecular flexibility index (Phi) is 5.99. The average Bonchev–Trinajstić information content (AvgIpc) is 3.38. The van der Waals surface area contributed by atoms with Crippen LogP contribution >= 0.6 is 11.3 Å². The summed E-state index contributed by atoms with van der Waals surface area (Å²) in [6.45, 7) is 5.27. The van der Waals surface area contributed by atoms with E-state index < -0.39 is 0 Å². The molecule has 0 aliphatic carbocycles. The van der Waals surface area contributed by atoms with Gasteiger partial charge in [0.05, 0.1) is 5.69 Å². The molecule has 0 bridgehead atoms. The second kappa shape index (κ2) is 8.80. The van der Waals surface area contributed by atoms with Crippen LogP contribution in [-0.2, 0) is 13.1 Å². The topological polar surface area (TPSA) is 44.5 Å². The van der Waals surface area contributed by atoms with Crippen molar-refractivity contribution in [1.29, 1.82) is 0 Å². The number of hydrogen-bond donors (Lipinski definition) is 1. The van der Waals surface area contributed by atoms with Gasteiger partial charge in [-0.25, -0.2) is 4.68 Å². The second-order valence-electron chi connectivity index (χ2n) is 7.07. The Labute approximate surface area is 164 Å². The lowest BCUT2D eigenvalue weighted by Gasteiger charge is -2.41. The molecule has 3 heterocycles. The molecule has 1 atom stereocenters. The fourth-order valence-electron chi connectivity index (χ4n) is 3.81. The Bertz CT molecular complexity index is 819. The van der Waals surface area contributed by atoms with Crippen molar-refractivity contribution in [2.24, 2.45) is 0 Å². The van der Waals surface area contributed by atoms with Crippen molar-refractivity contribution in [2.45, 2.75) is 25.6 Å². The SMILES string of the molecule is OCC[C@@H]1CN(Cc2cccc(-n3cccn3)c2)CCN1Cc1cccs1. The Morgan fingerprint density at radius 3 is 2.85 bits per heavy atom. The smallest absolute Gasteiger partial charge is 0.0648 e. The lowest BCUT2D eigenvalue weighted by atomic mass is 10.1. The summed E-state index contributed by atoms with van der Waals surface area (Å²) in [5.41, 5.74) is 2.40. The van der Waals surface area contributed by atoms with Crippen LogP contribution in [0.2, 0.25) is 0 Å². The van der Waals surface area contributed by atoms with Gasteiger partial charge in [0.1, 0.15) is 0 Å². The van der Waals surface area contributed by atoms with Crippen molar-refractivity contribution in [3.05, 3.63) is 70.7 Å². The van der Waals surface area contributed by atoms with E-state index in [0.717, 1.165) is 44.8 Å². The number of aromatic nitrogens is 2. The molecular weight excluding hydrogens is 356 g/mol. The molecular formula is C21H26N4OS. The third-order valence-corrected chi connectivity index (χ3v) is 6.04. The maximum absolute atomic E-state index is 9.53. The van der Waals surface area contributed by atoms with Gasteiger partial charge in [0.2, 0.25) is 0 Å². The number of benzene rings is 1. The molecule has 1 aromatic carbocycles. The van der Waals surface area contributed by atoms with Crippen molar-refractivity contribution in [2.75, 3.05) is 26.2 Å². The first-order valence-corrected chi connectivity index (χ1v) is 10.4. The van der Waals surface area contributed by atoms with E-state index in [0.29, 0.717) is 6.04 Å². The Hall–Kier alpha value is -1.99. The fourth-order valence-corrected chi connectivity index (χ4v) is 4.54. The molecule has 1 N–H and O–H groups in total. The number of aliphatic hydroxyl groups is 1. The Morgan fingerprint density at radius 1 is 1.11 bits per heavy atom. The molecule has 1 fully saturated rings. The third kappa shape index (κ3) is 4.65. The van der Waals surface area contributed by atoms with Crippen LogP contribution < -0.4 is 0 Å². The van der Waals surface area contributed by atoms with E-state index in [-0.39, 0.29) is 6.61 Å². The lowest BCUT2D eigenvalue weighted by molar-refractivity contribution is 0.0506. The minimum Gasteiger partial charge on any atom is -0.396 e. The summed E-state index contributed by atoms with van der Waals surface area (Å²) in [7, 11) is 0. The maximum atomic E-state index is 9.53. The largest absolute Gasteiger partial charge is 0.396 e. The Balaban J connectivity index is 1.41. The van der Waals surface area contributed by atoms with Crippen LogP contribution in [-0.4, -0.2) is 57.0 Å². The third-order valence-electron chi connectivity index (χ3n) is 5.18. The molecule has 5 nitrogen and oxygen atoms in total. The Morgan fingerprint density at radius 2 is 2.07 bits per heavy atom. The zero-order valence-corrected chi connectivity index (χ0v) is 16.3. The van der Waals surface area contributed by atoms with Gasteiger partial charge in [0, 0.05) is 62.6 Å². The van der Waals surface area contributed by atoms with Crippen LogP contribution in [0.25, 0.3) is 5.69 Å². The monoisotopic (exact) mass is 382 g/mol. The van der Waals surface area contributed by atoms with E-state index in [2.05, 4.69) is 56.7 Å². The lowest BCUT2D eigenvalue weighted by Crippen LogP contribution is -2.52. The van der Waals surface area contributed by atoms with Crippen molar-refractivity contribution in [3.8, 4) is 5.69 Å². The first kappa shape index (κ1) is 18.4. The van der Waals surface area contributed by atoms with Crippen LogP contribution in [0, 0.1) is 0 Å². The summed E-state index contributed by atoms with van der Waals surface area (Å²) >= 11 is 1.81. The summed E-state index contributed by atoms with van der Waals surface area (Å²) in [4.78, 5) is 6.44. The highest BCUT2D eigenvalue weighted by molar-refractivity contribution is 7.09. The molecule has 142 valence electrons. The van der Waals surface area contributed by atoms with E-state index in [1.165, 1.54) is 10.4 Å². The van der Waals surface area contributed by atoms with Crippen LogP contribution in [0.15, 0.2) is 60.2 Å². The van der Waals surface area contributed by atoms with Crippen molar-refractivity contribution < 1.29 is 5.11 Å². The molecule has 2 aromatic heterocycles. The van der Waals surface area contributed by atoms with Gasteiger partial charge in [0.15, 0.2) is 0 Å². The van der Waals surface area contributed by atoms with E-state index in [9.17, 15) is 5.11 Å². The van der Waals surface area contributed by atoms with Crippen molar-refractivity contribution >= 4 is 11.3 Å². The highest BCUT2D eigenvalue weighted by Gasteiger charge is 2.26. The molecule has 0 saturated carbocycles. The first-order chi connectivity index (χ1) is 13.3. The normalized spacial score (nSPS) is 18.8. The fraction of sp³-hybridized carbons (Fsp3) is 0.381. The van der Waals surface area contributed by atoms with Crippen LogP contribution in [0.5, 0.6) is 0 Å². The van der Waals surface area contributed by atoms with E-state index in [1.54, 1.807) is 6.20 Å². The molecule has 1 saturated heterocycles. The van der Waals surface area contributed by atoms with Gasteiger partial charge in [-0.2, -0.15) is 5.10 Å². The zero-order valence-electron chi connectivity index (χ0n) is 15.4. The number of piperazine rings is 1. The predicted octanol–water partition coefficient (Wildman–Crippen LogP) is 3.00. The average molecular weight is 383 g/mol. The molecule has 0 spiro atoms. The van der Waals surface area contributed by atoms with Gasteiger partial charge >= 0.3 is 0 Å². The number of thiophene rings is 1. The number of aliphatic hydroxyl groups excluding tert-OH is 1. The summed E-state index contributed by atoms with van der Waals surface area (Å²) in [5, 5.41) is 16.0. The number of nitrogens with zero attached hydrogens (tertiary/aromatic N) is 4. The van der Waals surface area contributed by atoms with Gasteiger partial charge in [0.25, 0.3) is 0 Å². The van der Waals surface area contributed by atoms with Crippen molar-refractivity contribution in [3.63, 3.8) is 0 Å². The summed E-state index contributed by atoms with van der Waals surface area (Å²) in [6.07, 6.45) is 4.61. The van der Waals surface area contributed by atoms with E-state index >= 15 is 0 Å². The summed E-state index contributed by atoms with van der Waals surface area (Å²) in [6, 6.07) is 15.3. The van der Waals surface area contributed by atoms with Crippen LogP contribution in [0.4, 0.5) is 0 Å². The second-order valence-corrected chi connectivity index (χ2v) is 8.10. The highest BCUT2D eigenvalue weighted by atomic mass is 32.1. The standard InChI is InChI=1S/C21H26N4OS/c26-12-7-20-16-23(10-11-24(20)17-21-6-2-13-27-21)15-18-4-1-5-19(14-18)25-9-3-8-22-25/h1-6,8-9,13-14,20,26H,7,10-12,15-17H2/t20-/m1/s1. The minimum atomic E-state index is 0.244. The van der Waals surface area contributed by atoms with Crippen molar-refractivity contribution in [1.82, 2.24) is 19.6 Å². The highest BCUT2D eigenvalue weighted by Crippen LogP contribution is 2.21. The maximum Gasteiger partial charge on any atom is 0.0648 e. The molecule has 3 aromatic rings. The zero-order chi connectivity index (χ0) is 18.5. The molecule has 0 unspecified atom stereocenters. The van der Waals surface area contributed by atoms with Gasteiger partial charge < -0.3 is 5.11 Å². The van der Waals surface area contributed by atoms with Gasteiger partial charge in [-0.05, 0) is 41.6 Å². The molecule has 6 heteroatoms. The number of hydrogen-bond acceptors (Lipinski definition) is 5. The summed E-state index contributed by atoms with van der Waals surface area (Å²) in [5.74, 6) is 0. The molecule has 27 heavy (non-hydrogen) atoms. The molecule has 0 radical (unpaired) electrons. The van der Waals surface area contributed by atoms with Gasteiger partial charge in [-0.15, -0.1) is 11.3 Å². The molecule has 0 amide bonds. The van der Waals surface area contributed by atoms with E-state index in [4.69, 9.17) is 0 Å². The molecule has 4 rings (SSSR count). The first-order valence-electron chi connectivity index (χ1n) is 9.50. The summed E-state index contributed by atoms with van der Waals surface area (Å²) < 4.78 is 1.90. The number of rotatable bonds is 7. The molecule has 1 aliphatic rings. The van der Waals surface area contributed by atoms with Gasteiger partial charge in [-0.1, -0.05) is 18.2 Å². The van der Waals surface area contributed by atoms with E-state index in [1.807, 2.05) is 28.3 Å². The quantitative estimate of drug-likeness (QED) is 0.682. The molecule has 1 aliphatic heterocycles. The van der Waals surface area contributed by atoms with Crippen LogP contribution in [0.3, 0.4) is 0 Å². The predicted molar refractivity (Wildman–Crippen MR) is 109 cm³/mol.